The van der Waals surface area contributed by atoms with Crippen molar-refractivity contribution in [1.82, 2.24) is 0 Å². The molecule has 0 saturated carbocycles. The summed E-state index contributed by atoms with van der Waals surface area (Å²) in [6.07, 6.45) is 2.86. The maximum absolute atomic E-state index is 14.6. The summed E-state index contributed by atoms with van der Waals surface area (Å²) in [5.41, 5.74) is 1.19. The van der Waals surface area contributed by atoms with E-state index in [1.54, 1.807) is 74.7 Å². The van der Waals surface area contributed by atoms with Crippen LogP contribution in [-0.4, -0.2) is 19.7 Å². The van der Waals surface area contributed by atoms with Crippen LogP contribution in [0.4, 0.5) is 4.39 Å². The topological polar surface area (TPSA) is 35.5 Å². The molecule has 0 amide bonds. The van der Waals surface area contributed by atoms with Crippen molar-refractivity contribution >= 4 is 17.6 Å². The summed E-state index contributed by atoms with van der Waals surface area (Å²) in [7, 11) is 1.58. The van der Waals surface area contributed by atoms with Gasteiger partial charge in [0.15, 0.2) is 0 Å². The van der Waals surface area contributed by atoms with E-state index in [2.05, 4.69) is 0 Å². The molecule has 124 valence electrons. The number of carbonyl (C=O) groups excluding carboxylic acids is 1. The first-order valence-electron chi connectivity index (χ1n) is 7.60. The fourth-order valence-electron chi connectivity index (χ4n) is 2.13. The Morgan fingerprint density at radius 1 is 1.08 bits per heavy atom. The van der Waals surface area contributed by atoms with Crippen molar-refractivity contribution in [2.75, 3.05) is 13.7 Å². The molecule has 4 heteroatoms. The fourth-order valence-corrected chi connectivity index (χ4v) is 2.13. The average molecular weight is 326 g/mol. The van der Waals surface area contributed by atoms with E-state index in [1.165, 1.54) is 6.08 Å². The van der Waals surface area contributed by atoms with Crippen LogP contribution in [0.25, 0.3) is 11.6 Å². The van der Waals surface area contributed by atoms with Gasteiger partial charge in [-0.2, -0.15) is 0 Å². The van der Waals surface area contributed by atoms with Crippen LogP contribution in [0.1, 0.15) is 18.1 Å². The highest BCUT2D eigenvalue weighted by atomic mass is 19.1. The molecule has 0 aliphatic rings. The molecule has 2 aromatic rings. The van der Waals surface area contributed by atoms with Gasteiger partial charge in [-0.25, -0.2) is 9.18 Å². The van der Waals surface area contributed by atoms with E-state index in [9.17, 15) is 9.18 Å². The molecule has 2 rings (SSSR count). The van der Waals surface area contributed by atoms with E-state index in [1.807, 2.05) is 0 Å². The number of esters is 1. The first kappa shape index (κ1) is 17.5. The zero-order valence-corrected chi connectivity index (χ0v) is 13.7. The lowest BCUT2D eigenvalue weighted by Crippen LogP contribution is -2.08. The predicted molar refractivity (Wildman–Crippen MR) is 93.1 cm³/mol. The number of benzene rings is 2. The molecule has 0 radical (unpaired) electrons. The number of ether oxygens (including phenoxy) is 2. The van der Waals surface area contributed by atoms with E-state index >= 15 is 0 Å². The van der Waals surface area contributed by atoms with Gasteiger partial charge in [-0.1, -0.05) is 48.5 Å². The van der Waals surface area contributed by atoms with E-state index in [-0.39, 0.29) is 12.2 Å². The van der Waals surface area contributed by atoms with Crippen LogP contribution < -0.4 is 4.74 Å². The van der Waals surface area contributed by atoms with Gasteiger partial charge < -0.3 is 9.47 Å². The molecule has 0 fully saturated rings. The zero-order chi connectivity index (χ0) is 17.4. The Bertz CT molecular complexity index is 731. The molecule has 24 heavy (non-hydrogen) atoms. The second kappa shape index (κ2) is 8.67. The Morgan fingerprint density at radius 3 is 2.33 bits per heavy atom. The maximum Gasteiger partial charge on any atom is 0.341 e. The minimum Gasteiger partial charge on any atom is -0.497 e. The summed E-state index contributed by atoms with van der Waals surface area (Å²) in [4.78, 5) is 12.1. The van der Waals surface area contributed by atoms with E-state index in [0.717, 1.165) is 11.3 Å². The Labute approximate surface area is 141 Å². The summed E-state index contributed by atoms with van der Waals surface area (Å²) in [6, 6.07) is 15.8. The SMILES string of the molecule is CCOC(=O)/C(=C(F)\C=C\c1ccc(OC)cc1)c1ccccc1. The second-order valence-corrected chi connectivity index (χ2v) is 4.92. The summed E-state index contributed by atoms with van der Waals surface area (Å²) < 4.78 is 24.7. The number of hydrogen-bond acceptors (Lipinski definition) is 3. The quantitative estimate of drug-likeness (QED) is 0.440. The second-order valence-electron chi connectivity index (χ2n) is 4.92. The van der Waals surface area contributed by atoms with Crippen molar-refractivity contribution < 1.29 is 18.7 Å². The number of rotatable bonds is 6. The third kappa shape index (κ3) is 4.56. The number of methoxy groups -OCH3 is 1. The number of allylic oxidation sites excluding steroid dienone is 2. The van der Waals surface area contributed by atoms with Gasteiger partial charge in [0.25, 0.3) is 0 Å². The molecule has 0 bridgehead atoms. The Hall–Kier alpha value is -2.88. The smallest absolute Gasteiger partial charge is 0.341 e. The monoisotopic (exact) mass is 326 g/mol. The lowest BCUT2D eigenvalue weighted by molar-refractivity contribution is -0.136. The largest absolute Gasteiger partial charge is 0.497 e. The van der Waals surface area contributed by atoms with Crippen LogP contribution in [0, 0.1) is 0 Å². The summed E-state index contributed by atoms with van der Waals surface area (Å²) in [5, 5.41) is 0. The molecular formula is C20H19FO3. The third-order valence-electron chi connectivity index (χ3n) is 3.32. The first-order valence-corrected chi connectivity index (χ1v) is 7.60. The highest BCUT2D eigenvalue weighted by molar-refractivity contribution is 6.17. The Morgan fingerprint density at radius 2 is 1.75 bits per heavy atom. The van der Waals surface area contributed by atoms with Gasteiger partial charge >= 0.3 is 5.97 Å². The molecule has 0 heterocycles. The van der Waals surface area contributed by atoms with E-state index in [4.69, 9.17) is 9.47 Å². The molecule has 3 nitrogen and oxygen atoms in total. The Kier molecular flexibility index (Phi) is 6.32. The molecule has 0 N–H and O–H groups in total. The minimum atomic E-state index is -0.680. The van der Waals surface area contributed by atoms with E-state index < -0.39 is 11.8 Å². The molecule has 0 saturated heterocycles. The molecule has 0 spiro atoms. The number of hydrogen-bond donors (Lipinski definition) is 0. The number of halogens is 1. The van der Waals surface area contributed by atoms with Gasteiger partial charge in [-0.05, 0) is 36.3 Å². The van der Waals surface area contributed by atoms with Crippen LogP contribution in [0.15, 0.2) is 66.5 Å². The van der Waals surface area contributed by atoms with E-state index in [0.29, 0.717) is 5.56 Å². The van der Waals surface area contributed by atoms with Crippen molar-refractivity contribution in [2.45, 2.75) is 6.92 Å². The van der Waals surface area contributed by atoms with Crippen LogP contribution in [0.2, 0.25) is 0 Å². The normalized spacial score (nSPS) is 12.0. The molecule has 0 aliphatic heterocycles. The third-order valence-corrected chi connectivity index (χ3v) is 3.32. The van der Waals surface area contributed by atoms with Gasteiger partial charge in [0.2, 0.25) is 0 Å². The highest BCUT2D eigenvalue weighted by Crippen LogP contribution is 2.23. The predicted octanol–water partition coefficient (Wildman–Crippen LogP) is 4.65. The van der Waals surface area contributed by atoms with Crippen molar-refractivity contribution in [3.63, 3.8) is 0 Å². The molecule has 2 aromatic carbocycles. The van der Waals surface area contributed by atoms with Crippen LogP contribution >= 0.6 is 0 Å². The molecule has 0 atom stereocenters. The van der Waals surface area contributed by atoms with Crippen molar-refractivity contribution in [2.24, 2.45) is 0 Å². The van der Waals surface area contributed by atoms with Crippen molar-refractivity contribution in [1.29, 1.82) is 0 Å². The first-order chi connectivity index (χ1) is 11.7. The van der Waals surface area contributed by atoms with Crippen LogP contribution in [-0.2, 0) is 9.53 Å². The van der Waals surface area contributed by atoms with Gasteiger partial charge in [0, 0.05) is 0 Å². The van der Waals surface area contributed by atoms with Gasteiger partial charge in [0.05, 0.1) is 13.7 Å². The summed E-state index contributed by atoms with van der Waals surface area (Å²) in [5.74, 6) is -0.601. The van der Waals surface area contributed by atoms with Gasteiger partial charge in [0.1, 0.15) is 17.1 Å². The van der Waals surface area contributed by atoms with Gasteiger partial charge in [-0.15, -0.1) is 0 Å². The summed E-state index contributed by atoms with van der Waals surface area (Å²) >= 11 is 0. The average Bonchev–Trinajstić information content (AvgIpc) is 2.62. The standard InChI is InChI=1S/C20H19FO3/c1-3-24-20(22)19(16-7-5-4-6-8-16)18(21)14-11-15-9-12-17(23-2)13-10-15/h4-14H,3H2,1-2H3/b14-11+,19-18+. The number of carbonyl (C=O) groups is 1. The Balaban J connectivity index is 2.34. The highest BCUT2D eigenvalue weighted by Gasteiger charge is 2.17. The zero-order valence-electron chi connectivity index (χ0n) is 13.7. The molecule has 0 unspecified atom stereocenters. The maximum atomic E-state index is 14.6. The van der Waals surface area contributed by atoms with Crippen LogP contribution in [0.3, 0.4) is 0 Å². The fraction of sp³-hybridized carbons (Fsp3) is 0.150. The molecular weight excluding hydrogens is 307 g/mol. The van der Waals surface area contributed by atoms with Crippen molar-refractivity contribution in [3.05, 3.63) is 77.6 Å². The molecule has 0 aliphatic carbocycles. The lowest BCUT2D eigenvalue weighted by Gasteiger charge is -2.07. The van der Waals surface area contributed by atoms with Crippen LogP contribution in [0.5, 0.6) is 5.75 Å². The van der Waals surface area contributed by atoms with Crippen molar-refractivity contribution in [3.8, 4) is 5.75 Å². The minimum absolute atomic E-state index is 0.0813. The lowest BCUT2D eigenvalue weighted by atomic mass is 10.0. The van der Waals surface area contributed by atoms with Gasteiger partial charge in [-0.3, -0.25) is 0 Å². The summed E-state index contributed by atoms with van der Waals surface area (Å²) in [6.45, 7) is 1.87. The molecule has 0 aromatic heterocycles.